The van der Waals surface area contributed by atoms with E-state index in [-0.39, 0.29) is 0 Å². The first kappa shape index (κ1) is 13.7. The summed E-state index contributed by atoms with van der Waals surface area (Å²) in [6, 6.07) is 0.671. The monoisotopic (exact) mass is 268 g/mol. The van der Waals surface area contributed by atoms with Gasteiger partial charge in [-0.1, -0.05) is 25.2 Å². The Kier molecular flexibility index (Phi) is 4.95. The predicted molar refractivity (Wildman–Crippen MR) is 77.0 cm³/mol. The van der Waals surface area contributed by atoms with Gasteiger partial charge in [0.1, 0.15) is 5.01 Å². The van der Waals surface area contributed by atoms with Gasteiger partial charge < -0.3 is 5.32 Å². The molecule has 1 aromatic heterocycles. The van der Waals surface area contributed by atoms with Crippen LogP contribution in [-0.2, 0) is 6.54 Å². The van der Waals surface area contributed by atoms with E-state index >= 15 is 0 Å². The van der Waals surface area contributed by atoms with E-state index in [4.69, 9.17) is 0 Å². The summed E-state index contributed by atoms with van der Waals surface area (Å²) < 4.78 is 0. The molecule has 1 fully saturated rings. The highest BCUT2D eigenvalue weighted by atomic mass is 32.1. The fourth-order valence-corrected chi connectivity index (χ4v) is 3.28. The van der Waals surface area contributed by atoms with Crippen LogP contribution in [0.5, 0.6) is 0 Å². The molecule has 0 bridgehead atoms. The molecule has 0 spiro atoms. The summed E-state index contributed by atoms with van der Waals surface area (Å²) in [5.74, 6) is 0.868. The highest BCUT2D eigenvalue weighted by Crippen LogP contribution is 2.25. The van der Waals surface area contributed by atoms with Gasteiger partial charge >= 0.3 is 0 Å². The van der Waals surface area contributed by atoms with Crippen LogP contribution in [0.4, 0.5) is 5.13 Å². The molecule has 0 amide bonds. The van der Waals surface area contributed by atoms with Crippen molar-refractivity contribution in [3.63, 3.8) is 0 Å². The van der Waals surface area contributed by atoms with E-state index in [1.165, 1.54) is 19.4 Å². The number of hydrogen-bond acceptors (Lipinski definition) is 5. The lowest BCUT2D eigenvalue weighted by Crippen LogP contribution is -2.39. The number of nitrogens with one attached hydrogen (secondary N) is 1. The lowest BCUT2D eigenvalue weighted by Gasteiger charge is -2.35. The lowest BCUT2D eigenvalue weighted by molar-refractivity contribution is 0.122. The van der Waals surface area contributed by atoms with E-state index in [2.05, 4.69) is 41.2 Å². The van der Waals surface area contributed by atoms with Crippen LogP contribution in [0.25, 0.3) is 0 Å². The van der Waals surface area contributed by atoms with Crippen molar-refractivity contribution in [1.82, 2.24) is 15.1 Å². The van der Waals surface area contributed by atoms with Gasteiger partial charge in [-0.15, -0.1) is 10.2 Å². The highest BCUT2D eigenvalue weighted by Gasteiger charge is 2.23. The molecule has 2 atom stereocenters. The van der Waals surface area contributed by atoms with Crippen molar-refractivity contribution in [2.75, 3.05) is 18.4 Å². The van der Waals surface area contributed by atoms with E-state index in [0.29, 0.717) is 6.04 Å². The minimum atomic E-state index is 0.671. The maximum Gasteiger partial charge on any atom is 0.205 e. The molecule has 5 heteroatoms. The van der Waals surface area contributed by atoms with E-state index in [0.717, 1.165) is 35.6 Å². The van der Waals surface area contributed by atoms with E-state index in [1.54, 1.807) is 11.3 Å². The Morgan fingerprint density at radius 2 is 2.22 bits per heavy atom. The van der Waals surface area contributed by atoms with Crippen LogP contribution in [-0.4, -0.2) is 34.2 Å². The summed E-state index contributed by atoms with van der Waals surface area (Å²) in [5.41, 5.74) is 0. The maximum atomic E-state index is 4.28. The van der Waals surface area contributed by atoms with Gasteiger partial charge in [-0.3, -0.25) is 4.90 Å². The van der Waals surface area contributed by atoms with Crippen LogP contribution in [0.1, 0.15) is 45.0 Å². The first-order chi connectivity index (χ1) is 8.69. The molecular weight excluding hydrogens is 244 g/mol. The normalized spacial score (nSPS) is 25.3. The number of anilines is 1. The van der Waals surface area contributed by atoms with Crippen LogP contribution in [0, 0.1) is 5.92 Å². The molecule has 1 aliphatic rings. The maximum absolute atomic E-state index is 4.28. The molecule has 0 aromatic carbocycles. The standard InChI is InChI=1S/C13H24N4S/c1-4-6-14-13-16-15-12(18-13)9-17-7-5-10(2)8-11(17)3/h10-11H,4-9H2,1-3H3,(H,14,16). The van der Waals surface area contributed by atoms with Gasteiger partial charge in [0, 0.05) is 12.6 Å². The molecule has 0 saturated carbocycles. The number of hydrogen-bond donors (Lipinski definition) is 1. The van der Waals surface area contributed by atoms with Crippen molar-refractivity contribution < 1.29 is 0 Å². The van der Waals surface area contributed by atoms with Crippen molar-refractivity contribution >= 4 is 16.5 Å². The topological polar surface area (TPSA) is 41.1 Å². The summed E-state index contributed by atoms with van der Waals surface area (Å²) in [6.45, 7) is 9.97. The first-order valence-electron chi connectivity index (χ1n) is 6.99. The van der Waals surface area contributed by atoms with E-state index in [1.807, 2.05) is 0 Å². The lowest BCUT2D eigenvalue weighted by atomic mass is 9.93. The van der Waals surface area contributed by atoms with Gasteiger partial charge in [0.15, 0.2) is 0 Å². The second-order valence-electron chi connectivity index (χ2n) is 5.38. The molecule has 1 aromatic rings. The van der Waals surface area contributed by atoms with Crippen molar-refractivity contribution in [2.24, 2.45) is 5.92 Å². The smallest absolute Gasteiger partial charge is 0.205 e. The van der Waals surface area contributed by atoms with Gasteiger partial charge in [-0.25, -0.2) is 0 Å². The minimum absolute atomic E-state index is 0.671. The van der Waals surface area contributed by atoms with Crippen molar-refractivity contribution in [3.8, 4) is 0 Å². The van der Waals surface area contributed by atoms with Crippen molar-refractivity contribution in [3.05, 3.63) is 5.01 Å². The quantitative estimate of drug-likeness (QED) is 0.891. The zero-order valence-electron chi connectivity index (χ0n) is 11.6. The Bertz CT molecular complexity index is 366. The first-order valence-corrected chi connectivity index (χ1v) is 7.81. The Morgan fingerprint density at radius 3 is 2.94 bits per heavy atom. The molecular formula is C13H24N4S. The summed E-state index contributed by atoms with van der Waals surface area (Å²) in [6.07, 6.45) is 3.74. The van der Waals surface area contributed by atoms with Crippen molar-refractivity contribution in [1.29, 1.82) is 0 Å². The average Bonchev–Trinajstić information content (AvgIpc) is 2.78. The fraction of sp³-hybridized carbons (Fsp3) is 0.846. The second-order valence-corrected chi connectivity index (χ2v) is 6.44. The molecule has 0 radical (unpaired) electrons. The summed E-state index contributed by atoms with van der Waals surface area (Å²) in [5, 5.41) is 13.9. The third-order valence-electron chi connectivity index (χ3n) is 3.61. The van der Waals surface area contributed by atoms with Crippen LogP contribution >= 0.6 is 11.3 Å². The number of nitrogens with zero attached hydrogens (tertiary/aromatic N) is 3. The zero-order chi connectivity index (χ0) is 13.0. The average molecular weight is 268 g/mol. The van der Waals surface area contributed by atoms with E-state index in [9.17, 15) is 0 Å². The third-order valence-corrected chi connectivity index (χ3v) is 4.47. The van der Waals surface area contributed by atoms with Crippen LogP contribution < -0.4 is 5.32 Å². The number of likely N-dealkylation sites (tertiary alicyclic amines) is 1. The van der Waals surface area contributed by atoms with Crippen LogP contribution in [0.2, 0.25) is 0 Å². The molecule has 4 nitrogen and oxygen atoms in total. The number of rotatable bonds is 5. The largest absolute Gasteiger partial charge is 0.360 e. The van der Waals surface area contributed by atoms with Gasteiger partial charge in [-0.05, 0) is 38.6 Å². The Hall–Kier alpha value is -0.680. The Balaban J connectivity index is 1.87. The zero-order valence-corrected chi connectivity index (χ0v) is 12.5. The summed E-state index contributed by atoms with van der Waals surface area (Å²) in [7, 11) is 0. The van der Waals surface area contributed by atoms with Gasteiger partial charge in [0.25, 0.3) is 0 Å². The Morgan fingerprint density at radius 1 is 1.39 bits per heavy atom. The molecule has 1 saturated heterocycles. The summed E-state index contributed by atoms with van der Waals surface area (Å²) in [4.78, 5) is 2.53. The fourth-order valence-electron chi connectivity index (χ4n) is 2.49. The van der Waals surface area contributed by atoms with Gasteiger partial charge in [0.05, 0.1) is 6.54 Å². The molecule has 18 heavy (non-hydrogen) atoms. The number of aromatic nitrogens is 2. The van der Waals surface area contributed by atoms with Crippen LogP contribution in [0.3, 0.4) is 0 Å². The number of piperidine rings is 1. The van der Waals surface area contributed by atoms with Gasteiger partial charge in [-0.2, -0.15) is 0 Å². The molecule has 1 N–H and O–H groups in total. The molecule has 2 unspecified atom stereocenters. The van der Waals surface area contributed by atoms with Crippen LogP contribution in [0.15, 0.2) is 0 Å². The van der Waals surface area contributed by atoms with E-state index < -0.39 is 0 Å². The van der Waals surface area contributed by atoms with Gasteiger partial charge in [0.2, 0.25) is 5.13 Å². The molecule has 102 valence electrons. The molecule has 2 rings (SSSR count). The SMILES string of the molecule is CCCNc1nnc(CN2CCC(C)CC2C)s1. The Labute approximate surface area is 114 Å². The molecule has 0 aliphatic carbocycles. The highest BCUT2D eigenvalue weighted by molar-refractivity contribution is 7.15. The third kappa shape index (κ3) is 3.65. The summed E-state index contributed by atoms with van der Waals surface area (Å²) >= 11 is 1.69. The second kappa shape index (κ2) is 6.48. The minimum Gasteiger partial charge on any atom is -0.360 e. The molecule has 1 aliphatic heterocycles. The molecule has 2 heterocycles. The van der Waals surface area contributed by atoms with Crippen molar-refractivity contribution in [2.45, 2.75) is 52.6 Å². The predicted octanol–water partition coefficient (Wildman–Crippen LogP) is 2.98.